The largest absolute Gasteiger partial charge is 0.337 e. The van der Waals surface area contributed by atoms with Crippen LogP contribution in [0.15, 0.2) is 41.6 Å². The highest BCUT2D eigenvalue weighted by atomic mass is 19.3. The van der Waals surface area contributed by atoms with Crippen molar-refractivity contribution in [1.29, 1.82) is 5.26 Å². The lowest BCUT2D eigenvalue weighted by molar-refractivity contribution is -0.137. The van der Waals surface area contributed by atoms with Gasteiger partial charge in [-0.15, -0.1) is 0 Å². The molecule has 177 valence electrons. The molecule has 0 saturated heterocycles. The van der Waals surface area contributed by atoms with Crippen molar-refractivity contribution < 1.29 is 13.6 Å². The molecule has 1 fully saturated rings. The van der Waals surface area contributed by atoms with Gasteiger partial charge in [0, 0.05) is 54.4 Å². The average Bonchev–Trinajstić information content (AvgIpc) is 3.58. The number of benzene rings is 1. The maximum absolute atomic E-state index is 15.1. The minimum absolute atomic E-state index is 0.0453. The van der Waals surface area contributed by atoms with Gasteiger partial charge in [0.2, 0.25) is 5.91 Å². The van der Waals surface area contributed by atoms with Crippen LogP contribution in [0.2, 0.25) is 0 Å². The van der Waals surface area contributed by atoms with Crippen molar-refractivity contribution in [2.24, 2.45) is 16.7 Å². The third kappa shape index (κ3) is 4.21. The number of aromatic nitrogens is 1. The van der Waals surface area contributed by atoms with Crippen LogP contribution in [0.1, 0.15) is 57.6 Å². The number of halogens is 2. The lowest BCUT2D eigenvalue weighted by Crippen LogP contribution is -2.51. The molecule has 1 aliphatic heterocycles. The van der Waals surface area contributed by atoms with Crippen molar-refractivity contribution in [2.45, 2.75) is 58.8 Å². The fourth-order valence-corrected chi connectivity index (χ4v) is 5.88. The van der Waals surface area contributed by atoms with Crippen LogP contribution in [-0.2, 0) is 11.2 Å². The van der Waals surface area contributed by atoms with E-state index in [0.29, 0.717) is 44.3 Å². The third-order valence-corrected chi connectivity index (χ3v) is 7.56. The Morgan fingerprint density at radius 2 is 2.03 bits per heavy atom. The normalized spacial score (nSPS) is 26.1. The molecule has 0 bridgehead atoms. The van der Waals surface area contributed by atoms with Crippen molar-refractivity contribution >= 4 is 16.8 Å². The van der Waals surface area contributed by atoms with Crippen molar-refractivity contribution in [1.82, 2.24) is 9.88 Å². The van der Waals surface area contributed by atoms with E-state index < -0.39 is 11.8 Å². The molecule has 1 aromatic carbocycles. The molecule has 6 heteroatoms. The van der Waals surface area contributed by atoms with Crippen LogP contribution < -0.4 is 0 Å². The van der Waals surface area contributed by atoms with Crippen LogP contribution in [-0.4, -0.2) is 34.8 Å². The number of hydrogen-bond donors (Lipinski definition) is 0. The smallest absolute Gasteiger partial charge is 0.251 e. The van der Waals surface area contributed by atoms with Crippen molar-refractivity contribution in [3.05, 3.63) is 59.2 Å². The summed E-state index contributed by atoms with van der Waals surface area (Å²) in [4.78, 5) is 19.2. The van der Waals surface area contributed by atoms with Gasteiger partial charge in [-0.1, -0.05) is 20.8 Å². The standard InChI is InChI=1S/C28H30F2N3O/c1-26(2,3)16-33-17-27(23-12-22(23)25(33)34)8-9-28(29,30)21(13-27)6-4-19-11-20-10-18(14-31)5-7-24(20)32-15-19/h5,7,10-12,15,21H,4,6,8-9,13,16-17H2,1-3H3/t21-,27+/m1/s1. The van der Waals surface area contributed by atoms with E-state index >= 15 is 8.78 Å². The quantitative estimate of drug-likeness (QED) is 0.572. The number of alkyl halides is 2. The minimum atomic E-state index is -2.71. The molecule has 1 saturated carbocycles. The Bertz CT molecular complexity index is 1240. The first-order valence-corrected chi connectivity index (χ1v) is 12.1. The molecule has 1 radical (unpaired) electrons. The Kier molecular flexibility index (Phi) is 5.31. The monoisotopic (exact) mass is 462 g/mol. The predicted octanol–water partition coefficient (Wildman–Crippen LogP) is 5.86. The van der Waals surface area contributed by atoms with Crippen molar-refractivity contribution in [3.8, 4) is 6.07 Å². The number of aryl methyl sites for hydroxylation is 1. The topological polar surface area (TPSA) is 57.0 Å². The molecule has 1 amide bonds. The lowest BCUT2D eigenvalue weighted by atomic mass is 9.64. The van der Waals surface area contributed by atoms with E-state index in [0.717, 1.165) is 27.6 Å². The van der Waals surface area contributed by atoms with Gasteiger partial charge in [0.1, 0.15) is 0 Å². The second-order valence-corrected chi connectivity index (χ2v) is 11.5. The number of hydrogen-bond acceptors (Lipinski definition) is 3. The molecule has 5 rings (SSSR count). The third-order valence-electron chi connectivity index (χ3n) is 7.56. The summed E-state index contributed by atoms with van der Waals surface area (Å²) in [5, 5.41) is 10.0. The molecule has 1 spiro atoms. The summed E-state index contributed by atoms with van der Waals surface area (Å²) in [5.41, 5.74) is 3.65. The number of carbonyl (C=O) groups excluding carboxylic acids is 1. The van der Waals surface area contributed by atoms with E-state index in [4.69, 9.17) is 5.26 Å². The van der Waals surface area contributed by atoms with Crippen molar-refractivity contribution in [3.63, 3.8) is 0 Å². The number of amides is 1. The summed E-state index contributed by atoms with van der Waals surface area (Å²) in [6, 6.07) is 9.41. The summed E-state index contributed by atoms with van der Waals surface area (Å²) in [6.45, 7) is 7.47. The van der Waals surface area contributed by atoms with Gasteiger partial charge in [-0.3, -0.25) is 9.78 Å². The molecule has 3 aliphatic rings. The zero-order valence-corrected chi connectivity index (χ0v) is 20.0. The molecule has 1 aromatic heterocycles. The summed E-state index contributed by atoms with van der Waals surface area (Å²) in [5.74, 6) is -3.40. The molecule has 0 N–H and O–H groups in total. The van der Waals surface area contributed by atoms with E-state index in [-0.39, 0.29) is 23.2 Å². The Balaban J connectivity index is 1.35. The van der Waals surface area contributed by atoms with Gasteiger partial charge in [-0.25, -0.2) is 8.78 Å². The molecule has 2 aromatic rings. The van der Waals surface area contributed by atoms with Gasteiger partial charge in [0.05, 0.1) is 17.1 Å². The molecule has 4 nitrogen and oxygen atoms in total. The van der Waals surface area contributed by atoms with E-state index in [1.165, 1.54) is 0 Å². The molecular formula is C28H30F2N3O. The zero-order valence-electron chi connectivity index (χ0n) is 20.0. The van der Waals surface area contributed by atoms with Crippen LogP contribution in [0, 0.1) is 34.5 Å². The van der Waals surface area contributed by atoms with Crippen molar-refractivity contribution in [2.75, 3.05) is 13.1 Å². The number of likely N-dealkylation sites (tertiary alicyclic amines) is 1. The molecule has 2 heterocycles. The van der Waals surface area contributed by atoms with E-state index in [1.807, 2.05) is 23.5 Å². The van der Waals surface area contributed by atoms with Crippen LogP contribution in [0.5, 0.6) is 0 Å². The highest BCUT2D eigenvalue weighted by molar-refractivity contribution is 6.05. The maximum atomic E-state index is 15.1. The maximum Gasteiger partial charge on any atom is 0.251 e. The average molecular weight is 463 g/mol. The second-order valence-electron chi connectivity index (χ2n) is 11.5. The molecule has 34 heavy (non-hydrogen) atoms. The number of fused-ring (bicyclic) bond motifs is 2. The fraction of sp³-hybridized carbons (Fsp3) is 0.500. The number of nitriles is 1. The predicted molar refractivity (Wildman–Crippen MR) is 127 cm³/mol. The first-order valence-electron chi connectivity index (χ1n) is 12.1. The zero-order chi connectivity index (χ0) is 24.3. The molecule has 2 atom stereocenters. The Labute approximate surface area is 199 Å². The van der Waals surface area contributed by atoms with Crippen LogP contribution in [0.4, 0.5) is 8.78 Å². The SMILES string of the molecule is CC(C)(C)CN1C[C@@]2(CCC(F)(F)[C@H](CCc3cnc4ccc(C#N)cc4c3)C2)C2=C([CH]2)C1=O. The van der Waals surface area contributed by atoms with Gasteiger partial charge in [-0.2, -0.15) is 5.26 Å². The number of pyridine rings is 1. The Hall–Kier alpha value is -2.81. The second kappa shape index (κ2) is 7.86. The Morgan fingerprint density at radius 3 is 2.76 bits per heavy atom. The van der Waals surface area contributed by atoms with Crippen LogP contribution in [0.3, 0.4) is 0 Å². The van der Waals surface area contributed by atoms with E-state index in [1.54, 1.807) is 18.3 Å². The summed E-state index contributed by atoms with van der Waals surface area (Å²) >= 11 is 0. The van der Waals surface area contributed by atoms with Crippen LogP contribution >= 0.6 is 0 Å². The number of rotatable bonds is 4. The van der Waals surface area contributed by atoms with Gasteiger partial charge in [-0.05, 0) is 66.5 Å². The van der Waals surface area contributed by atoms with E-state index in [2.05, 4.69) is 31.8 Å². The van der Waals surface area contributed by atoms with Gasteiger partial charge in [0.15, 0.2) is 0 Å². The highest BCUT2D eigenvalue weighted by Gasteiger charge is 2.58. The summed E-state index contributed by atoms with van der Waals surface area (Å²) in [6.07, 6.45) is 5.26. The molecule has 2 aliphatic carbocycles. The first kappa shape index (κ1) is 23.0. The highest BCUT2D eigenvalue weighted by Crippen LogP contribution is 2.60. The lowest BCUT2D eigenvalue weighted by Gasteiger charge is -2.48. The van der Waals surface area contributed by atoms with Gasteiger partial charge >= 0.3 is 0 Å². The number of carbonyl (C=O) groups is 1. The summed E-state index contributed by atoms with van der Waals surface area (Å²) < 4.78 is 30.2. The molecular weight excluding hydrogens is 432 g/mol. The van der Waals surface area contributed by atoms with Gasteiger partial charge in [0.25, 0.3) is 5.92 Å². The fourth-order valence-electron chi connectivity index (χ4n) is 5.88. The van der Waals surface area contributed by atoms with Gasteiger partial charge < -0.3 is 4.90 Å². The first-order chi connectivity index (χ1) is 16.0. The molecule has 0 unspecified atom stereocenters. The summed E-state index contributed by atoms with van der Waals surface area (Å²) in [7, 11) is 0. The van der Waals surface area contributed by atoms with Crippen LogP contribution in [0.25, 0.3) is 10.9 Å². The minimum Gasteiger partial charge on any atom is -0.337 e. The number of nitrogens with zero attached hydrogens (tertiary/aromatic N) is 3. The van der Waals surface area contributed by atoms with E-state index in [9.17, 15) is 4.79 Å². The Morgan fingerprint density at radius 1 is 1.24 bits per heavy atom.